The van der Waals surface area contributed by atoms with Crippen LogP contribution in [0.1, 0.15) is 18.4 Å². The van der Waals surface area contributed by atoms with Gasteiger partial charge < -0.3 is 10.1 Å². The zero-order valence-electron chi connectivity index (χ0n) is 9.56. The Kier molecular flexibility index (Phi) is 4.98. The molecule has 6 heteroatoms. The van der Waals surface area contributed by atoms with Crippen LogP contribution in [0.15, 0.2) is 21.1 Å². The molecule has 0 atom stereocenters. The predicted octanol–water partition coefficient (Wildman–Crippen LogP) is 4.11. The van der Waals surface area contributed by atoms with Crippen LogP contribution in [0.5, 0.6) is 5.75 Å². The summed E-state index contributed by atoms with van der Waals surface area (Å²) in [5, 5.41) is 3.39. The zero-order chi connectivity index (χ0) is 13.1. The van der Waals surface area contributed by atoms with Crippen molar-refractivity contribution >= 4 is 31.9 Å². The Morgan fingerprint density at radius 2 is 1.89 bits per heavy atom. The van der Waals surface area contributed by atoms with Gasteiger partial charge >= 0.3 is 0 Å². The van der Waals surface area contributed by atoms with E-state index in [0.717, 1.165) is 12.1 Å². The number of nitrogens with one attached hydrogen (secondary N) is 1. The van der Waals surface area contributed by atoms with Crippen molar-refractivity contribution in [2.75, 3.05) is 6.61 Å². The molecule has 100 valence electrons. The quantitative estimate of drug-likeness (QED) is 0.796. The number of hydrogen-bond donors (Lipinski definition) is 1. The monoisotopic (exact) mass is 383 g/mol. The zero-order valence-corrected chi connectivity index (χ0v) is 12.7. The van der Waals surface area contributed by atoms with E-state index in [1.165, 1.54) is 12.8 Å². The minimum atomic E-state index is -2.47. The van der Waals surface area contributed by atoms with Gasteiger partial charge in [0, 0.05) is 12.6 Å². The topological polar surface area (TPSA) is 21.3 Å². The lowest BCUT2D eigenvalue weighted by atomic mass is 10.2. The molecule has 1 aliphatic carbocycles. The van der Waals surface area contributed by atoms with Gasteiger partial charge in [0.2, 0.25) is 0 Å². The maximum absolute atomic E-state index is 12.1. The van der Waals surface area contributed by atoms with Crippen molar-refractivity contribution in [1.82, 2.24) is 5.32 Å². The molecule has 0 aliphatic heterocycles. The molecule has 18 heavy (non-hydrogen) atoms. The second-order valence-electron chi connectivity index (χ2n) is 4.25. The van der Waals surface area contributed by atoms with E-state index in [-0.39, 0.29) is 0 Å². The van der Waals surface area contributed by atoms with Gasteiger partial charge in [-0.25, -0.2) is 8.78 Å². The van der Waals surface area contributed by atoms with Crippen LogP contribution in [0.4, 0.5) is 8.78 Å². The maximum Gasteiger partial charge on any atom is 0.272 e. The van der Waals surface area contributed by atoms with Gasteiger partial charge in [-0.05, 0) is 62.4 Å². The molecular weight excluding hydrogens is 372 g/mol. The van der Waals surface area contributed by atoms with Crippen LogP contribution in [0.25, 0.3) is 0 Å². The first-order valence-electron chi connectivity index (χ1n) is 5.68. The Balaban J connectivity index is 2.02. The van der Waals surface area contributed by atoms with Crippen LogP contribution in [0.3, 0.4) is 0 Å². The smallest absolute Gasteiger partial charge is 0.272 e. The van der Waals surface area contributed by atoms with Crippen LogP contribution in [0, 0.1) is 0 Å². The van der Waals surface area contributed by atoms with Gasteiger partial charge in [0.15, 0.2) is 0 Å². The van der Waals surface area contributed by atoms with Crippen LogP contribution in [-0.4, -0.2) is 19.1 Å². The van der Waals surface area contributed by atoms with E-state index in [0.29, 0.717) is 20.7 Å². The highest BCUT2D eigenvalue weighted by Gasteiger charge is 2.20. The van der Waals surface area contributed by atoms with E-state index in [1.807, 2.05) is 12.1 Å². The van der Waals surface area contributed by atoms with E-state index in [4.69, 9.17) is 4.74 Å². The number of benzene rings is 1. The molecule has 1 aliphatic rings. The van der Waals surface area contributed by atoms with Crippen molar-refractivity contribution in [3.05, 3.63) is 26.6 Å². The Morgan fingerprint density at radius 1 is 1.28 bits per heavy atom. The summed E-state index contributed by atoms with van der Waals surface area (Å²) in [7, 11) is 0. The first-order valence-corrected chi connectivity index (χ1v) is 7.27. The lowest BCUT2D eigenvalue weighted by Gasteiger charge is -2.12. The molecule has 1 aromatic carbocycles. The molecule has 0 amide bonds. The first-order chi connectivity index (χ1) is 8.56. The molecular formula is C12H13Br2F2NO. The Hall–Kier alpha value is -0.200. The standard InChI is InChI=1S/C12H13Br2F2NO/c13-9-3-7(5-17-8-1-2-8)4-10(14)12(9)18-6-11(15)16/h3-4,8,11,17H,1-2,5-6H2. The molecule has 1 saturated carbocycles. The van der Waals surface area contributed by atoms with Gasteiger partial charge in [0.25, 0.3) is 6.43 Å². The van der Waals surface area contributed by atoms with Crippen LogP contribution >= 0.6 is 31.9 Å². The van der Waals surface area contributed by atoms with Crippen molar-refractivity contribution in [3.63, 3.8) is 0 Å². The second-order valence-corrected chi connectivity index (χ2v) is 5.95. The van der Waals surface area contributed by atoms with Gasteiger partial charge in [-0.2, -0.15) is 0 Å². The van der Waals surface area contributed by atoms with Crippen molar-refractivity contribution in [3.8, 4) is 5.75 Å². The third-order valence-electron chi connectivity index (χ3n) is 2.58. The SMILES string of the molecule is FC(F)COc1c(Br)cc(CNC2CC2)cc1Br. The number of hydrogen-bond acceptors (Lipinski definition) is 2. The summed E-state index contributed by atoms with van der Waals surface area (Å²) in [6, 6.07) is 4.42. The highest BCUT2D eigenvalue weighted by Crippen LogP contribution is 2.35. The summed E-state index contributed by atoms with van der Waals surface area (Å²) in [6.45, 7) is 0.174. The molecule has 0 spiro atoms. The van der Waals surface area contributed by atoms with Gasteiger partial charge in [-0.15, -0.1) is 0 Å². The molecule has 1 aromatic rings. The first kappa shape index (κ1) is 14.2. The van der Waals surface area contributed by atoms with E-state index < -0.39 is 13.0 Å². The molecule has 2 rings (SSSR count). The van der Waals surface area contributed by atoms with Crippen molar-refractivity contribution in [2.24, 2.45) is 0 Å². The molecule has 0 radical (unpaired) electrons. The van der Waals surface area contributed by atoms with Gasteiger partial charge in [-0.3, -0.25) is 0 Å². The lowest BCUT2D eigenvalue weighted by Crippen LogP contribution is -2.15. The Labute approximate surface area is 121 Å². The minimum Gasteiger partial charge on any atom is -0.485 e. The van der Waals surface area contributed by atoms with Crippen molar-refractivity contribution in [2.45, 2.75) is 31.9 Å². The maximum atomic E-state index is 12.1. The molecule has 0 heterocycles. The fourth-order valence-corrected chi connectivity index (χ4v) is 3.06. The number of alkyl halides is 2. The van der Waals surface area contributed by atoms with Crippen molar-refractivity contribution < 1.29 is 13.5 Å². The summed E-state index contributed by atoms with van der Waals surface area (Å²) in [4.78, 5) is 0. The fraction of sp³-hybridized carbons (Fsp3) is 0.500. The third kappa shape index (κ3) is 4.17. The molecule has 2 nitrogen and oxygen atoms in total. The summed E-state index contributed by atoms with van der Waals surface area (Å²) < 4.78 is 30.7. The minimum absolute atomic E-state index is 0.422. The molecule has 0 bridgehead atoms. The highest BCUT2D eigenvalue weighted by atomic mass is 79.9. The largest absolute Gasteiger partial charge is 0.485 e. The molecule has 1 N–H and O–H groups in total. The lowest BCUT2D eigenvalue weighted by molar-refractivity contribution is 0.0811. The van der Waals surface area contributed by atoms with Crippen LogP contribution in [-0.2, 0) is 6.54 Å². The van der Waals surface area contributed by atoms with Gasteiger partial charge in [0.05, 0.1) is 8.95 Å². The van der Waals surface area contributed by atoms with Gasteiger partial charge in [-0.1, -0.05) is 0 Å². The van der Waals surface area contributed by atoms with E-state index in [9.17, 15) is 8.78 Å². The number of rotatable bonds is 6. The Bertz CT molecular complexity index is 402. The molecule has 0 saturated heterocycles. The number of halogens is 4. The average Bonchev–Trinajstić information content (AvgIpc) is 3.08. The van der Waals surface area contributed by atoms with E-state index in [1.54, 1.807) is 0 Å². The van der Waals surface area contributed by atoms with Gasteiger partial charge in [0.1, 0.15) is 12.4 Å². The number of ether oxygens (including phenoxy) is 1. The van der Waals surface area contributed by atoms with Crippen molar-refractivity contribution in [1.29, 1.82) is 0 Å². The summed E-state index contributed by atoms with van der Waals surface area (Å²) in [5.74, 6) is 0.422. The molecule has 0 unspecified atom stereocenters. The van der Waals surface area contributed by atoms with E-state index >= 15 is 0 Å². The summed E-state index contributed by atoms with van der Waals surface area (Å²) in [5.41, 5.74) is 1.09. The van der Waals surface area contributed by atoms with Crippen LogP contribution < -0.4 is 10.1 Å². The fourth-order valence-electron chi connectivity index (χ4n) is 1.55. The van der Waals surface area contributed by atoms with E-state index in [2.05, 4.69) is 37.2 Å². The predicted molar refractivity (Wildman–Crippen MR) is 73.2 cm³/mol. The molecule has 1 fully saturated rings. The molecule has 0 aromatic heterocycles. The van der Waals surface area contributed by atoms with Crippen LogP contribution in [0.2, 0.25) is 0 Å². The third-order valence-corrected chi connectivity index (χ3v) is 3.76. The second kappa shape index (κ2) is 6.30. The normalized spacial score (nSPS) is 15.2. The average molecular weight is 385 g/mol. The summed E-state index contributed by atoms with van der Waals surface area (Å²) >= 11 is 6.69. The highest BCUT2D eigenvalue weighted by molar-refractivity contribution is 9.11. The summed E-state index contributed by atoms with van der Waals surface area (Å²) in [6.07, 6.45) is -0.00411. The Morgan fingerprint density at radius 3 is 2.39 bits per heavy atom.